The lowest BCUT2D eigenvalue weighted by molar-refractivity contribution is -0.126. The predicted octanol–water partition coefficient (Wildman–Crippen LogP) is 5.14. The van der Waals surface area contributed by atoms with Crippen LogP contribution in [0.4, 0.5) is 0 Å². The molecule has 0 aliphatic carbocycles. The molecular weight excluding hydrogens is 434 g/mol. The Bertz CT molecular complexity index is 1250. The highest BCUT2D eigenvalue weighted by molar-refractivity contribution is 6.00. The van der Waals surface area contributed by atoms with Crippen LogP contribution in [-0.2, 0) is 9.59 Å². The summed E-state index contributed by atoms with van der Waals surface area (Å²) in [5, 5.41) is 6.95. The summed E-state index contributed by atoms with van der Waals surface area (Å²) in [5.74, 6) is -1.13. The fraction of sp³-hybridized carbons (Fsp3) is 0.100. The fourth-order valence-corrected chi connectivity index (χ4v) is 3.84. The van der Waals surface area contributed by atoms with Crippen LogP contribution < -0.4 is 10.7 Å². The highest BCUT2D eigenvalue weighted by Crippen LogP contribution is 2.24. The van der Waals surface area contributed by atoms with Gasteiger partial charge in [0.2, 0.25) is 5.91 Å². The van der Waals surface area contributed by atoms with Crippen molar-refractivity contribution in [3.05, 3.63) is 132 Å². The van der Waals surface area contributed by atoms with Crippen molar-refractivity contribution in [3.63, 3.8) is 0 Å². The number of nitrogens with one attached hydrogen (secondary N) is 2. The van der Waals surface area contributed by atoms with E-state index >= 15 is 0 Å². The van der Waals surface area contributed by atoms with E-state index in [-0.39, 0.29) is 12.5 Å². The van der Waals surface area contributed by atoms with Gasteiger partial charge < -0.3 is 5.32 Å². The van der Waals surface area contributed by atoms with E-state index in [2.05, 4.69) is 28.0 Å². The molecule has 4 rings (SSSR count). The predicted molar refractivity (Wildman–Crippen MR) is 140 cm³/mol. The van der Waals surface area contributed by atoms with E-state index in [0.717, 1.165) is 27.8 Å². The minimum atomic E-state index is -0.501. The molecule has 2 N–H and O–H groups in total. The minimum absolute atomic E-state index is 0.168. The van der Waals surface area contributed by atoms with Gasteiger partial charge in [0.1, 0.15) is 0 Å². The number of carbonyl (C=O) groups is 2. The zero-order valence-electron chi connectivity index (χ0n) is 19.5. The first kappa shape index (κ1) is 23.6. The lowest BCUT2D eigenvalue weighted by Crippen LogP contribution is -2.38. The van der Waals surface area contributed by atoms with Crippen LogP contribution in [0.1, 0.15) is 29.5 Å². The SMILES string of the molecule is C/C(=N\NC(=O)CNC(=O)C(c1ccccc1)c1ccccc1)c1ccc(-c2ccccc2)cc1. The quantitative estimate of drug-likeness (QED) is 0.282. The van der Waals surface area contributed by atoms with Gasteiger partial charge in [-0.15, -0.1) is 0 Å². The van der Waals surface area contributed by atoms with Crippen LogP contribution in [-0.4, -0.2) is 24.1 Å². The summed E-state index contributed by atoms with van der Waals surface area (Å²) in [7, 11) is 0. The number of benzene rings is 4. The third-order valence-corrected chi connectivity index (χ3v) is 5.71. The number of carbonyl (C=O) groups excluding carboxylic acids is 2. The molecule has 0 aromatic heterocycles. The zero-order chi connectivity index (χ0) is 24.5. The highest BCUT2D eigenvalue weighted by Gasteiger charge is 2.22. The molecule has 0 aliphatic heterocycles. The first-order chi connectivity index (χ1) is 17.1. The van der Waals surface area contributed by atoms with Crippen molar-refractivity contribution in [2.24, 2.45) is 5.10 Å². The standard InChI is InChI=1S/C30H27N3O2/c1-22(23-17-19-25(20-18-23)24-11-5-2-6-12-24)32-33-28(34)21-31-30(35)29(26-13-7-3-8-14-26)27-15-9-4-10-16-27/h2-20,29H,21H2,1H3,(H,31,35)(H,33,34)/b32-22+. The largest absolute Gasteiger partial charge is 0.346 e. The lowest BCUT2D eigenvalue weighted by Gasteiger charge is -2.17. The average molecular weight is 462 g/mol. The van der Waals surface area contributed by atoms with Crippen LogP contribution in [0.3, 0.4) is 0 Å². The van der Waals surface area contributed by atoms with Crippen molar-refractivity contribution < 1.29 is 9.59 Å². The number of hydrogen-bond acceptors (Lipinski definition) is 3. The number of rotatable bonds is 8. The number of hydrogen-bond donors (Lipinski definition) is 2. The van der Waals surface area contributed by atoms with Crippen LogP contribution in [0.25, 0.3) is 11.1 Å². The Hall–Kier alpha value is -4.51. The summed E-state index contributed by atoms with van der Waals surface area (Å²) in [4.78, 5) is 25.4. The van der Waals surface area contributed by atoms with Crippen molar-refractivity contribution in [3.8, 4) is 11.1 Å². The van der Waals surface area contributed by atoms with Gasteiger partial charge in [0.25, 0.3) is 5.91 Å². The van der Waals surface area contributed by atoms with Gasteiger partial charge in [-0.2, -0.15) is 5.10 Å². The van der Waals surface area contributed by atoms with Crippen molar-refractivity contribution >= 4 is 17.5 Å². The van der Waals surface area contributed by atoms with Crippen molar-refractivity contribution in [1.29, 1.82) is 0 Å². The second-order valence-electron chi connectivity index (χ2n) is 8.15. The smallest absolute Gasteiger partial charge is 0.259 e. The van der Waals surface area contributed by atoms with Gasteiger partial charge in [-0.3, -0.25) is 9.59 Å². The summed E-state index contributed by atoms with van der Waals surface area (Å²) in [5.41, 5.74) is 8.10. The molecule has 0 fully saturated rings. The van der Waals surface area contributed by atoms with Gasteiger partial charge in [0, 0.05) is 0 Å². The van der Waals surface area contributed by atoms with Crippen molar-refractivity contribution in [1.82, 2.24) is 10.7 Å². The van der Waals surface area contributed by atoms with Gasteiger partial charge in [0.05, 0.1) is 18.2 Å². The summed E-state index contributed by atoms with van der Waals surface area (Å²) in [6, 6.07) is 37.2. The summed E-state index contributed by atoms with van der Waals surface area (Å²) in [6.45, 7) is 1.66. The monoisotopic (exact) mass is 461 g/mol. The lowest BCUT2D eigenvalue weighted by atomic mass is 9.90. The van der Waals surface area contributed by atoms with E-state index in [9.17, 15) is 9.59 Å². The van der Waals surface area contributed by atoms with Gasteiger partial charge in [0.15, 0.2) is 0 Å². The Morgan fingerprint density at radius 1 is 0.686 bits per heavy atom. The van der Waals surface area contributed by atoms with E-state index in [0.29, 0.717) is 5.71 Å². The second-order valence-corrected chi connectivity index (χ2v) is 8.15. The molecule has 0 spiro atoms. The Kier molecular flexibility index (Phi) is 7.81. The first-order valence-corrected chi connectivity index (χ1v) is 11.5. The molecule has 0 saturated heterocycles. The third-order valence-electron chi connectivity index (χ3n) is 5.71. The van der Waals surface area contributed by atoms with Gasteiger partial charge in [-0.25, -0.2) is 5.43 Å². The maximum atomic E-state index is 13.0. The second kappa shape index (κ2) is 11.6. The van der Waals surface area contributed by atoms with Crippen molar-refractivity contribution in [2.75, 3.05) is 6.54 Å². The molecular formula is C30H27N3O2. The summed E-state index contributed by atoms with van der Waals surface area (Å²) < 4.78 is 0. The average Bonchev–Trinajstić information content (AvgIpc) is 2.92. The molecule has 0 bridgehead atoms. The van der Waals surface area contributed by atoms with E-state index in [1.165, 1.54) is 0 Å². The Morgan fingerprint density at radius 2 is 1.17 bits per heavy atom. The first-order valence-electron chi connectivity index (χ1n) is 11.5. The Balaban J connectivity index is 1.36. The molecule has 0 saturated carbocycles. The van der Waals surface area contributed by atoms with E-state index < -0.39 is 11.8 Å². The molecule has 0 radical (unpaired) electrons. The van der Waals surface area contributed by atoms with E-state index in [1.807, 2.05) is 110 Å². The molecule has 0 unspecified atom stereocenters. The zero-order valence-corrected chi connectivity index (χ0v) is 19.5. The molecule has 174 valence electrons. The van der Waals surface area contributed by atoms with Gasteiger partial charge in [-0.1, -0.05) is 115 Å². The normalized spacial score (nSPS) is 11.2. The number of nitrogens with zero attached hydrogens (tertiary/aromatic N) is 1. The maximum Gasteiger partial charge on any atom is 0.259 e. The summed E-state index contributed by atoms with van der Waals surface area (Å²) >= 11 is 0. The van der Waals surface area contributed by atoms with Crippen LogP contribution in [0.5, 0.6) is 0 Å². The minimum Gasteiger partial charge on any atom is -0.346 e. The van der Waals surface area contributed by atoms with Crippen molar-refractivity contribution in [2.45, 2.75) is 12.8 Å². The summed E-state index contributed by atoms with van der Waals surface area (Å²) in [6.07, 6.45) is 0. The van der Waals surface area contributed by atoms with Gasteiger partial charge in [-0.05, 0) is 34.7 Å². The maximum absolute atomic E-state index is 13.0. The van der Waals surface area contributed by atoms with Crippen LogP contribution in [0, 0.1) is 0 Å². The Morgan fingerprint density at radius 3 is 1.71 bits per heavy atom. The van der Waals surface area contributed by atoms with E-state index in [4.69, 9.17) is 0 Å². The van der Waals surface area contributed by atoms with Crippen LogP contribution in [0.15, 0.2) is 120 Å². The molecule has 2 amide bonds. The third kappa shape index (κ3) is 6.30. The van der Waals surface area contributed by atoms with Crippen LogP contribution >= 0.6 is 0 Å². The molecule has 0 heterocycles. The number of amides is 2. The Labute approximate surface area is 205 Å². The van der Waals surface area contributed by atoms with Gasteiger partial charge >= 0.3 is 0 Å². The topological polar surface area (TPSA) is 70.6 Å². The molecule has 0 aliphatic rings. The van der Waals surface area contributed by atoms with Crippen LogP contribution in [0.2, 0.25) is 0 Å². The molecule has 0 atom stereocenters. The molecule has 35 heavy (non-hydrogen) atoms. The molecule has 5 heteroatoms. The number of hydrazone groups is 1. The molecule has 4 aromatic carbocycles. The fourth-order valence-electron chi connectivity index (χ4n) is 3.84. The molecule has 5 nitrogen and oxygen atoms in total. The molecule has 4 aromatic rings. The highest BCUT2D eigenvalue weighted by atomic mass is 16.2. The van der Waals surface area contributed by atoms with E-state index in [1.54, 1.807) is 0 Å².